The molecule has 1 aromatic heterocycles. The van der Waals surface area contributed by atoms with Gasteiger partial charge in [0.2, 0.25) is 5.76 Å². The van der Waals surface area contributed by atoms with Gasteiger partial charge in [-0.25, -0.2) is 14.6 Å². The van der Waals surface area contributed by atoms with E-state index in [0.717, 1.165) is 33.4 Å². The number of aromatic nitrogens is 1. The molecule has 340 valence electrons. The molecule has 0 bridgehead atoms. The second-order valence-electron chi connectivity index (χ2n) is 16.5. The Kier molecular flexibility index (Phi) is 14.4. The third kappa shape index (κ3) is 10.2. The molecule has 2 aliphatic heterocycles. The van der Waals surface area contributed by atoms with Crippen molar-refractivity contribution in [3.8, 4) is 0 Å². The number of fused-ring (bicyclic) bond motifs is 1. The summed E-state index contributed by atoms with van der Waals surface area (Å²) in [5.41, 5.74) is 3.21. The quantitative estimate of drug-likeness (QED) is 0.0111. The minimum Gasteiger partial charge on any atom is -0.454 e. The Bertz CT molecular complexity index is 2680. The number of esters is 2. The summed E-state index contributed by atoms with van der Waals surface area (Å²) in [6, 6.07) is 47.7. The minimum atomic E-state index is -1.06. The first-order chi connectivity index (χ1) is 32.4. The molecule has 3 heterocycles. The Hall–Kier alpha value is -6.56. The van der Waals surface area contributed by atoms with Crippen LogP contribution in [-0.2, 0) is 39.0 Å². The van der Waals surface area contributed by atoms with E-state index >= 15 is 0 Å². The Labute approximate surface area is 410 Å². The molecule has 5 aromatic carbocycles. The normalized spacial score (nSPS) is 16.1. The number of β-lactam (4-membered cyclic amide) rings is 1. The molecule has 2 aliphatic rings. The number of nitrogens with zero attached hydrogens (tertiary/aromatic N) is 3. The maximum absolute atomic E-state index is 14.5. The fraction of sp³-hybridized carbons (Fsp3) is 0.192. The molecule has 67 heavy (non-hydrogen) atoms. The Morgan fingerprint density at radius 1 is 0.821 bits per heavy atom. The fourth-order valence-electron chi connectivity index (χ4n) is 7.79. The fourth-order valence-corrected chi connectivity index (χ4v) is 10.9. The molecular weight excluding hydrogens is 998 g/mol. The molecule has 1 unspecified atom stereocenters. The summed E-state index contributed by atoms with van der Waals surface area (Å²) in [5.74, 6) is -2.89. The number of anilines is 1. The van der Waals surface area contributed by atoms with E-state index in [-0.39, 0.29) is 17.1 Å². The predicted molar refractivity (Wildman–Crippen MR) is 269 cm³/mol. The van der Waals surface area contributed by atoms with Gasteiger partial charge in [0, 0.05) is 15.6 Å². The van der Waals surface area contributed by atoms with Gasteiger partial charge in [-0.2, -0.15) is 0 Å². The Morgan fingerprint density at radius 2 is 1.33 bits per heavy atom. The van der Waals surface area contributed by atoms with Gasteiger partial charge in [-0.05, 0) is 60.7 Å². The van der Waals surface area contributed by atoms with Gasteiger partial charge in [0.25, 0.3) is 11.8 Å². The number of carbonyl (C=O) groups is 4. The minimum absolute atomic E-state index is 0.0919. The van der Waals surface area contributed by atoms with Crippen molar-refractivity contribution < 1.29 is 33.5 Å². The zero-order chi connectivity index (χ0) is 47.1. The average molecular weight is 1040 g/mol. The highest BCUT2D eigenvalue weighted by molar-refractivity contribution is 14.1. The molecule has 1 saturated heterocycles. The smallest absolute Gasteiger partial charge is 0.376 e. The number of amides is 2. The number of nitrogens with one attached hydrogen (secondary N) is 2. The van der Waals surface area contributed by atoms with E-state index in [9.17, 15) is 19.2 Å². The van der Waals surface area contributed by atoms with Crippen LogP contribution in [-0.4, -0.2) is 66.5 Å². The number of ether oxygens (including phenoxy) is 2. The standard InChI is InChI=1S/C52H46IN5O7S2/c1-33(48(61)64-51(2,3)4)65-57-41(40-32-67-50(54-40)56-52(37-24-14-7-15-25-37,38-26-16-8-17-27-38)39-28-18-9-19-29-39)45(59)55-42-46(60)58-43(36(30-53)31-66-47(42)58)49(62)63-44(34-20-10-5-11-21-34)35-22-12-6-13-23-35/h5-29,32,42,44,47H,1,30-31H2,2-4H3,(H,54,56)(H,55,59)/b57-41-/t42?,47-/m1/s1. The van der Waals surface area contributed by atoms with Crippen molar-refractivity contribution in [1.82, 2.24) is 15.2 Å². The molecule has 15 heteroatoms. The monoisotopic (exact) mass is 1040 g/mol. The number of thioether (sulfide) groups is 1. The third-order valence-corrected chi connectivity index (χ3v) is 13.9. The van der Waals surface area contributed by atoms with Gasteiger partial charge in [0.05, 0.1) is 0 Å². The number of carbonyl (C=O) groups excluding carboxylic acids is 4. The predicted octanol–water partition coefficient (Wildman–Crippen LogP) is 9.54. The summed E-state index contributed by atoms with van der Waals surface area (Å²) in [5, 5.41) is 12.1. The summed E-state index contributed by atoms with van der Waals surface area (Å²) in [4.78, 5) is 67.7. The van der Waals surface area contributed by atoms with E-state index in [2.05, 4.69) is 45.0 Å². The maximum atomic E-state index is 14.5. The van der Waals surface area contributed by atoms with Crippen molar-refractivity contribution in [3.05, 3.63) is 214 Å². The summed E-state index contributed by atoms with van der Waals surface area (Å²) in [6.45, 7) is 8.78. The van der Waals surface area contributed by atoms with Gasteiger partial charge < -0.3 is 24.9 Å². The van der Waals surface area contributed by atoms with E-state index in [4.69, 9.17) is 19.3 Å². The van der Waals surface area contributed by atoms with E-state index in [0.29, 0.717) is 15.3 Å². The van der Waals surface area contributed by atoms with Gasteiger partial charge in [-0.15, -0.1) is 23.1 Å². The van der Waals surface area contributed by atoms with E-state index in [1.54, 1.807) is 26.2 Å². The van der Waals surface area contributed by atoms with Gasteiger partial charge in [-0.1, -0.05) is 179 Å². The zero-order valence-corrected chi connectivity index (χ0v) is 40.5. The number of benzene rings is 5. The first-order valence-corrected chi connectivity index (χ1v) is 24.8. The van der Waals surface area contributed by atoms with Crippen LogP contribution in [0, 0.1) is 0 Å². The van der Waals surface area contributed by atoms with Crippen molar-refractivity contribution in [1.29, 1.82) is 0 Å². The van der Waals surface area contributed by atoms with Crippen LogP contribution in [0.2, 0.25) is 0 Å². The van der Waals surface area contributed by atoms with Crippen LogP contribution in [0.5, 0.6) is 0 Å². The Balaban J connectivity index is 1.09. The van der Waals surface area contributed by atoms with Gasteiger partial charge in [0.15, 0.2) is 16.9 Å². The molecule has 0 saturated carbocycles. The number of hydrogen-bond donors (Lipinski definition) is 2. The summed E-state index contributed by atoms with van der Waals surface area (Å²) in [7, 11) is 0. The average Bonchev–Trinajstić information content (AvgIpc) is 3.82. The van der Waals surface area contributed by atoms with Crippen molar-refractivity contribution >= 4 is 80.3 Å². The highest BCUT2D eigenvalue weighted by Gasteiger charge is 2.55. The summed E-state index contributed by atoms with van der Waals surface area (Å²) in [6.07, 6.45) is -0.734. The highest BCUT2D eigenvalue weighted by Crippen LogP contribution is 2.43. The number of thiazole rings is 1. The lowest BCUT2D eigenvalue weighted by Gasteiger charge is -2.49. The molecular formula is C52H46IN5O7S2. The second kappa shape index (κ2) is 20.5. The molecule has 12 nitrogen and oxygen atoms in total. The zero-order valence-electron chi connectivity index (χ0n) is 36.8. The molecule has 0 aliphatic carbocycles. The van der Waals surface area contributed by atoms with Crippen LogP contribution in [0.1, 0.15) is 60.4 Å². The van der Waals surface area contributed by atoms with Gasteiger partial charge >= 0.3 is 11.9 Å². The number of oxime groups is 1. The summed E-state index contributed by atoms with van der Waals surface area (Å²) >= 11 is 4.83. The van der Waals surface area contributed by atoms with Crippen molar-refractivity contribution in [2.45, 2.75) is 49.4 Å². The van der Waals surface area contributed by atoms with Crippen molar-refractivity contribution in [2.75, 3.05) is 15.5 Å². The van der Waals surface area contributed by atoms with E-state index < -0.39 is 58.2 Å². The molecule has 2 atom stereocenters. The van der Waals surface area contributed by atoms with Gasteiger partial charge in [-0.3, -0.25) is 14.5 Å². The molecule has 0 spiro atoms. The van der Waals surface area contributed by atoms with Crippen molar-refractivity contribution in [2.24, 2.45) is 5.16 Å². The number of alkyl halides is 1. The number of hydrogen-bond acceptors (Lipinski definition) is 12. The lowest BCUT2D eigenvalue weighted by atomic mass is 9.77. The van der Waals surface area contributed by atoms with Crippen LogP contribution < -0.4 is 10.6 Å². The Morgan fingerprint density at radius 3 is 1.82 bits per heavy atom. The lowest BCUT2D eigenvalue weighted by Crippen LogP contribution is -2.71. The SMILES string of the molecule is C=C(O/N=C(\C(=O)NC1C(=O)N2C(C(=O)OC(c3ccccc3)c3ccccc3)=C(CI)CS[C@H]12)c1csc(NC(c2ccccc2)(c2ccccc2)c2ccccc2)n1)C(=O)OC(C)(C)C. The molecule has 8 rings (SSSR count). The second-order valence-corrected chi connectivity index (χ2v) is 19.2. The van der Waals surface area contributed by atoms with Crippen LogP contribution in [0.25, 0.3) is 0 Å². The number of halogens is 1. The maximum Gasteiger partial charge on any atom is 0.376 e. The molecule has 2 amide bonds. The van der Waals surface area contributed by atoms with E-state index in [1.807, 2.05) is 152 Å². The summed E-state index contributed by atoms with van der Waals surface area (Å²) < 4.78 is 12.1. The van der Waals surface area contributed by atoms with E-state index in [1.165, 1.54) is 28.0 Å². The molecule has 6 aromatic rings. The topological polar surface area (TPSA) is 149 Å². The van der Waals surface area contributed by atoms with Gasteiger partial charge in [0.1, 0.15) is 33.9 Å². The first-order valence-electron chi connectivity index (χ1n) is 21.3. The third-order valence-electron chi connectivity index (χ3n) is 10.9. The first kappa shape index (κ1) is 47.0. The highest BCUT2D eigenvalue weighted by atomic mass is 127. The molecule has 0 radical (unpaired) electrons. The lowest BCUT2D eigenvalue weighted by molar-refractivity contribution is -0.154. The van der Waals surface area contributed by atoms with Crippen LogP contribution in [0.3, 0.4) is 0 Å². The van der Waals surface area contributed by atoms with Crippen LogP contribution in [0.15, 0.2) is 186 Å². The van der Waals surface area contributed by atoms with Crippen LogP contribution >= 0.6 is 45.7 Å². The largest absolute Gasteiger partial charge is 0.454 e. The molecule has 2 N–H and O–H groups in total. The van der Waals surface area contributed by atoms with Crippen LogP contribution in [0.4, 0.5) is 5.13 Å². The molecule has 1 fully saturated rings. The number of rotatable bonds is 16. The van der Waals surface area contributed by atoms with Crippen molar-refractivity contribution in [3.63, 3.8) is 0 Å².